The van der Waals surface area contributed by atoms with Crippen molar-refractivity contribution in [3.63, 3.8) is 0 Å². The Labute approximate surface area is 124 Å². The number of fused-ring (bicyclic) bond motifs is 1. The molecule has 7 heteroatoms. The fourth-order valence-electron chi connectivity index (χ4n) is 1.71. The zero-order valence-corrected chi connectivity index (χ0v) is 11.9. The molecule has 3 rings (SSSR count). The smallest absolute Gasteiger partial charge is 0.292 e. The first-order valence-electron chi connectivity index (χ1n) is 5.91. The van der Waals surface area contributed by atoms with Crippen molar-refractivity contribution in [2.24, 2.45) is 0 Å². The van der Waals surface area contributed by atoms with Crippen LogP contribution in [0.4, 0.5) is 5.82 Å². The maximum atomic E-state index is 12.0. The van der Waals surface area contributed by atoms with Gasteiger partial charge in [0.2, 0.25) is 0 Å². The molecule has 0 unspecified atom stereocenters. The van der Waals surface area contributed by atoms with Crippen LogP contribution in [0, 0.1) is 0 Å². The van der Waals surface area contributed by atoms with E-state index >= 15 is 0 Å². The second-order valence-electron chi connectivity index (χ2n) is 4.03. The highest BCUT2D eigenvalue weighted by atomic mass is 35.5. The first-order valence-corrected chi connectivity index (χ1v) is 7.34. The topological polar surface area (TPSA) is 64.1 Å². The van der Waals surface area contributed by atoms with Crippen LogP contribution in [0.15, 0.2) is 35.4 Å². The van der Waals surface area contributed by atoms with Crippen molar-refractivity contribution in [3.05, 3.63) is 40.6 Å². The number of nitrogens with one attached hydrogen (secondary N) is 1. The van der Waals surface area contributed by atoms with E-state index in [4.69, 9.17) is 16.3 Å². The van der Waals surface area contributed by atoms with Gasteiger partial charge in [-0.1, -0.05) is 11.6 Å². The molecule has 102 valence electrons. The monoisotopic (exact) mass is 307 g/mol. The lowest BCUT2D eigenvalue weighted by molar-refractivity contribution is -0.116. The molecule has 0 radical (unpaired) electrons. The van der Waals surface area contributed by atoms with Gasteiger partial charge in [0.25, 0.3) is 5.91 Å². The van der Waals surface area contributed by atoms with Gasteiger partial charge in [-0.3, -0.25) is 4.79 Å². The molecule has 1 amide bonds. The lowest BCUT2D eigenvalue weighted by Crippen LogP contribution is -2.19. The number of aromatic nitrogens is 2. The first kappa shape index (κ1) is 13.2. The summed E-state index contributed by atoms with van der Waals surface area (Å²) in [5, 5.41) is 5.61. The second kappa shape index (κ2) is 5.68. The summed E-state index contributed by atoms with van der Waals surface area (Å²) in [5.74, 6) is 1.26. The highest BCUT2D eigenvalue weighted by Gasteiger charge is 2.15. The van der Waals surface area contributed by atoms with E-state index in [1.807, 2.05) is 12.1 Å². The molecule has 1 N–H and O–H groups in total. The summed E-state index contributed by atoms with van der Waals surface area (Å²) in [6.07, 6.45) is 0. The summed E-state index contributed by atoms with van der Waals surface area (Å²) in [5.41, 5.74) is 0.489. The molecule has 1 aliphatic rings. The molecular weight excluding hydrogens is 298 g/mol. The SMILES string of the molecule is O=C(Nc1ccc2ccc(Cl)nc2n1)C1=CSCCO1. The number of hydrogen-bond donors (Lipinski definition) is 1. The van der Waals surface area contributed by atoms with Gasteiger partial charge in [-0.25, -0.2) is 9.97 Å². The fourth-order valence-corrected chi connectivity index (χ4v) is 2.48. The van der Waals surface area contributed by atoms with Crippen LogP contribution in [0.5, 0.6) is 0 Å². The Morgan fingerprint density at radius 2 is 2.15 bits per heavy atom. The largest absolute Gasteiger partial charge is 0.487 e. The van der Waals surface area contributed by atoms with Gasteiger partial charge in [0.15, 0.2) is 11.4 Å². The number of rotatable bonds is 2. The van der Waals surface area contributed by atoms with E-state index in [-0.39, 0.29) is 5.91 Å². The van der Waals surface area contributed by atoms with Crippen LogP contribution >= 0.6 is 23.4 Å². The Balaban J connectivity index is 1.83. The molecule has 3 heterocycles. The molecular formula is C13H10ClN3O2S. The van der Waals surface area contributed by atoms with Gasteiger partial charge in [-0.05, 0) is 24.3 Å². The highest BCUT2D eigenvalue weighted by Crippen LogP contribution is 2.19. The summed E-state index contributed by atoms with van der Waals surface area (Å²) < 4.78 is 5.28. The Hall–Kier alpha value is -1.79. The summed E-state index contributed by atoms with van der Waals surface area (Å²) >= 11 is 7.38. The van der Waals surface area contributed by atoms with Gasteiger partial charge in [-0.15, -0.1) is 11.8 Å². The van der Waals surface area contributed by atoms with Gasteiger partial charge in [0, 0.05) is 16.5 Å². The quantitative estimate of drug-likeness (QED) is 0.864. The van der Waals surface area contributed by atoms with E-state index in [0.29, 0.717) is 29.0 Å². The number of anilines is 1. The van der Waals surface area contributed by atoms with Crippen LogP contribution in [0.2, 0.25) is 5.15 Å². The third kappa shape index (κ3) is 2.86. The normalized spacial score (nSPS) is 14.6. The number of nitrogens with zero attached hydrogens (tertiary/aromatic N) is 2. The predicted molar refractivity (Wildman–Crippen MR) is 79.7 cm³/mol. The third-order valence-electron chi connectivity index (χ3n) is 2.63. The Kier molecular flexibility index (Phi) is 3.75. The zero-order valence-electron chi connectivity index (χ0n) is 10.3. The maximum Gasteiger partial charge on any atom is 0.292 e. The lowest BCUT2D eigenvalue weighted by atomic mass is 10.3. The Morgan fingerprint density at radius 1 is 1.30 bits per heavy atom. The molecule has 0 aliphatic carbocycles. The number of carbonyl (C=O) groups is 1. The number of ether oxygens (including phenoxy) is 1. The van der Waals surface area contributed by atoms with Crippen molar-refractivity contribution in [1.82, 2.24) is 9.97 Å². The summed E-state index contributed by atoms with van der Waals surface area (Å²) in [7, 11) is 0. The zero-order chi connectivity index (χ0) is 13.9. The fraction of sp³-hybridized carbons (Fsp3) is 0.154. The van der Waals surface area contributed by atoms with Gasteiger partial charge in [-0.2, -0.15) is 0 Å². The van der Waals surface area contributed by atoms with Gasteiger partial charge >= 0.3 is 0 Å². The van der Waals surface area contributed by atoms with Crippen LogP contribution in [0.1, 0.15) is 0 Å². The first-order chi connectivity index (χ1) is 9.72. The average Bonchev–Trinajstić information content (AvgIpc) is 2.47. The number of hydrogen-bond acceptors (Lipinski definition) is 5. The molecule has 0 saturated carbocycles. The molecule has 1 aliphatic heterocycles. The Morgan fingerprint density at radius 3 is 2.95 bits per heavy atom. The van der Waals surface area contributed by atoms with Crippen LogP contribution in [0.25, 0.3) is 11.0 Å². The van der Waals surface area contributed by atoms with E-state index in [1.54, 1.807) is 29.3 Å². The molecule has 2 aromatic heterocycles. The van der Waals surface area contributed by atoms with E-state index in [0.717, 1.165) is 11.1 Å². The number of halogens is 1. The van der Waals surface area contributed by atoms with Crippen molar-refractivity contribution < 1.29 is 9.53 Å². The summed E-state index contributed by atoms with van der Waals surface area (Å²) in [6, 6.07) is 7.06. The summed E-state index contributed by atoms with van der Waals surface area (Å²) in [4.78, 5) is 20.3. The standard InChI is InChI=1S/C13H10ClN3O2S/c14-10-3-1-8-2-4-11(16-12(8)15-10)17-13(18)9-7-20-6-5-19-9/h1-4,7H,5-6H2,(H,15,16,17,18). The number of amides is 1. The van der Waals surface area contributed by atoms with Crippen molar-refractivity contribution >= 4 is 46.1 Å². The average molecular weight is 308 g/mol. The molecule has 2 aromatic rings. The molecule has 0 spiro atoms. The van der Waals surface area contributed by atoms with Crippen molar-refractivity contribution in [2.45, 2.75) is 0 Å². The third-order valence-corrected chi connectivity index (χ3v) is 3.63. The molecule has 0 fully saturated rings. The Bertz CT molecular complexity index is 705. The van der Waals surface area contributed by atoms with Gasteiger partial charge in [0.1, 0.15) is 11.0 Å². The van der Waals surface area contributed by atoms with E-state index in [1.165, 1.54) is 0 Å². The molecule has 20 heavy (non-hydrogen) atoms. The van der Waals surface area contributed by atoms with Gasteiger partial charge < -0.3 is 10.1 Å². The van der Waals surface area contributed by atoms with Crippen LogP contribution in [-0.4, -0.2) is 28.2 Å². The van der Waals surface area contributed by atoms with E-state index < -0.39 is 0 Å². The second-order valence-corrected chi connectivity index (χ2v) is 5.40. The minimum absolute atomic E-state index is 0.308. The number of pyridine rings is 2. The molecule has 0 bridgehead atoms. The maximum absolute atomic E-state index is 12.0. The highest BCUT2D eigenvalue weighted by molar-refractivity contribution is 8.02. The van der Waals surface area contributed by atoms with E-state index in [2.05, 4.69) is 15.3 Å². The minimum atomic E-state index is -0.314. The van der Waals surface area contributed by atoms with Crippen molar-refractivity contribution in [1.29, 1.82) is 0 Å². The van der Waals surface area contributed by atoms with Crippen molar-refractivity contribution in [3.8, 4) is 0 Å². The van der Waals surface area contributed by atoms with Crippen LogP contribution in [0.3, 0.4) is 0 Å². The van der Waals surface area contributed by atoms with Crippen molar-refractivity contribution in [2.75, 3.05) is 17.7 Å². The molecule has 0 aromatic carbocycles. The lowest BCUT2D eigenvalue weighted by Gasteiger charge is -2.13. The predicted octanol–water partition coefficient (Wildman–Crippen LogP) is 2.83. The molecule has 0 saturated heterocycles. The molecule has 5 nitrogen and oxygen atoms in total. The van der Waals surface area contributed by atoms with Crippen LogP contribution < -0.4 is 5.32 Å². The minimum Gasteiger partial charge on any atom is -0.487 e. The molecule has 0 atom stereocenters. The summed E-state index contributed by atoms with van der Waals surface area (Å²) in [6.45, 7) is 0.534. The number of thioether (sulfide) groups is 1. The number of carbonyl (C=O) groups excluding carboxylic acids is 1. The van der Waals surface area contributed by atoms with E-state index in [9.17, 15) is 4.79 Å². The van der Waals surface area contributed by atoms with Crippen LogP contribution in [-0.2, 0) is 9.53 Å². The van der Waals surface area contributed by atoms with Gasteiger partial charge in [0.05, 0.1) is 6.61 Å².